The van der Waals surface area contributed by atoms with E-state index < -0.39 is 17.9 Å². The van der Waals surface area contributed by atoms with Crippen LogP contribution in [0.25, 0.3) is 11.3 Å². The van der Waals surface area contributed by atoms with E-state index in [1.165, 1.54) is 0 Å². The Morgan fingerprint density at radius 1 is 0.732 bits per heavy atom. The van der Waals surface area contributed by atoms with Gasteiger partial charge in [0.2, 0.25) is 0 Å². The molecule has 0 spiro atoms. The van der Waals surface area contributed by atoms with Gasteiger partial charge in [0, 0.05) is 17.0 Å². The van der Waals surface area contributed by atoms with E-state index in [2.05, 4.69) is 5.32 Å². The average molecular weight is 588 g/mol. The normalized spacial score (nSPS) is 13.7. The van der Waals surface area contributed by atoms with E-state index in [1.807, 2.05) is 60.7 Å². The molecule has 8 heteroatoms. The lowest BCUT2D eigenvalue weighted by Gasteiger charge is -2.29. The molecule has 6 nitrogen and oxygen atoms in total. The lowest BCUT2D eigenvalue weighted by molar-refractivity contribution is -0.141. The maximum absolute atomic E-state index is 13.6. The molecule has 0 unspecified atom stereocenters. The smallest absolute Gasteiger partial charge is 0.337 e. The molecule has 2 heterocycles. The summed E-state index contributed by atoms with van der Waals surface area (Å²) in [6.45, 7) is 3.67. The molecular formula is C33H27Cl2NO5. The van der Waals surface area contributed by atoms with Crippen LogP contribution in [0.15, 0.2) is 118 Å². The maximum Gasteiger partial charge on any atom is 0.337 e. The predicted octanol–water partition coefficient (Wildman–Crippen LogP) is 7.98. The Labute approximate surface area is 248 Å². The Morgan fingerprint density at radius 3 is 1.80 bits per heavy atom. The van der Waals surface area contributed by atoms with Crippen molar-refractivity contribution in [2.24, 2.45) is 0 Å². The van der Waals surface area contributed by atoms with Crippen LogP contribution in [0.2, 0.25) is 10.0 Å². The summed E-state index contributed by atoms with van der Waals surface area (Å²) >= 11 is 12.7. The second-order valence-corrected chi connectivity index (χ2v) is 10.3. The first kappa shape index (κ1) is 28.3. The van der Waals surface area contributed by atoms with Gasteiger partial charge in [0.05, 0.1) is 27.1 Å². The van der Waals surface area contributed by atoms with Gasteiger partial charge in [-0.2, -0.15) is 0 Å². The summed E-state index contributed by atoms with van der Waals surface area (Å²) in [5.74, 6) is -1.26. The van der Waals surface area contributed by atoms with Crippen LogP contribution >= 0.6 is 23.2 Å². The largest absolute Gasteiger partial charge is 0.460 e. The van der Waals surface area contributed by atoms with E-state index in [4.69, 9.17) is 37.1 Å². The van der Waals surface area contributed by atoms with Gasteiger partial charge >= 0.3 is 11.9 Å². The summed E-state index contributed by atoms with van der Waals surface area (Å²) < 4.78 is 17.7. The van der Waals surface area contributed by atoms with Gasteiger partial charge in [-0.3, -0.25) is 0 Å². The SMILES string of the molecule is CC1=C(C(=O)OCc2ccccc2)C(c2ccc(-c3cccc(Cl)c3Cl)o2)C(C(=O)OCc2ccccc2)=C(C)N1. The minimum atomic E-state index is -0.894. The fraction of sp³-hybridized carbons (Fsp3) is 0.152. The summed E-state index contributed by atoms with van der Waals surface area (Å²) in [4.78, 5) is 27.2. The van der Waals surface area contributed by atoms with Crippen molar-refractivity contribution in [2.75, 3.05) is 0 Å². The highest BCUT2D eigenvalue weighted by molar-refractivity contribution is 6.43. The molecule has 4 aromatic rings. The number of allylic oxidation sites excluding steroid dienone is 2. The number of carbonyl (C=O) groups excluding carboxylic acids is 2. The highest BCUT2D eigenvalue weighted by Crippen LogP contribution is 2.42. The van der Waals surface area contributed by atoms with Gasteiger partial charge in [-0.25, -0.2) is 9.59 Å². The third-order valence-electron chi connectivity index (χ3n) is 6.75. The van der Waals surface area contributed by atoms with Gasteiger partial charge in [0.1, 0.15) is 24.7 Å². The van der Waals surface area contributed by atoms with Gasteiger partial charge in [0.15, 0.2) is 0 Å². The molecule has 0 fully saturated rings. The number of furan rings is 1. The molecule has 0 aliphatic carbocycles. The molecule has 1 aliphatic heterocycles. The van der Waals surface area contributed by atoms with Gasteiger partial charge in [0.25, 0.3) is 0 Å². The topological polar surface area (TPSA) is 77.8 Å². The Kier molecular flexibility index (Phi) is 8.62. The lowest BCUT2D eigenvalue weighted by atomic mass is 9.83. The quantitative estimate of drug-likeness (QED) is 0.210. The molecule has 0 saturated heterocycles. The fourth-order valence-corrected chi connectivity index (χ4v) is 5.16. The molecular weight excluding hydrogens is 561 g/mol. The number of esters is 2. The van der Waals surface area contributed by atoms with Crippen molar-refractivity contribution >= 4 is 35.1 Å². The number of carbonyl (C=O) groups is 2. The summed E-state index contributed by atoms with van der Waals surface area (Å²) in [7, 11) is 0. The monoisotopic (exact) mass is 587 g/mol. The number of hydrogen-bond donors (Lipinski definition) is 1. The summed E-state index contributed by atoms with van der Waals surface area (Å²) in [6.07, 6.45) is 0. The number of benzene rings is 3. The van der Waals surface area contributed by atoms with Crippen LogP contribution in [0, 0.1) is 0 Å². The number of ether oxygens (including phenoxy) is 2. The van der Waals surface area contributed by atoms with Gasteiger partial charge < -0.3 is 19.2 Å². The average Bonchev–Trinajstić information content (AvgIpc) is 3.46. The molecule has 1 aliphatic rings. The van der Waals surface area contributed by atoms with Gasteiger partial charge in [-0.15, -0.1) is 0 Å². The van der Waals surface area contributed by atoms with Crippen molar-refractivity contribution in [3.8, 4) is 11.3 Å². The van der Waals surface area contributed by atoms with Gasteiger partial charge in [-0.05, 0) is 49.2 Å². The predicted molar refractivity (Wildman–Crippen MR) is 158 cm³/mol. The van der Waals surface area contributed by atoms with Crippen molar-refractivity contribution in [3.63, 3.8) is 0 Å². The Balaban J connectivity index is 1.52. The van der Waals surface area contributed by atoms with E-state index >= 15 is 0 Å². The Bertz CT molecular complexity index is 1560. The zero-order valence-electron chi connectivity index (χ0n) is 22.4. The first-order chi connectivity index (χ1) is 19.8. The molecule has 208 valence electrons. The Hall–Kier alpha value is -4.26. The van der Waals surface area contributed by atoms with E-state index in [0.717, 1.165) is 11.1 Å². The van der Waals surface area contributed by atoms with Gasteiger partial charge in [-0.1, -0.05) is 89.9 Å². The molecule has 0 radical (unpaired) electrons. The number of halogens is 2. The molecule has 0 bridgehead atoms. The molecule has 41 heavy (non-hydrogen) atoms. The van der Waals surface area contributed by atoms with Crippen LogP contribution in [-0.4, -0.2) is 11.9 Å². The minimum Gasteiger partial charge on any atom is -0.460 e. The molecule has 3 aromatic carbocycles. The third-order valence-corrected chi connectivity index (χ3v) is 7.57. The number of nitrogens with one attached hydrogen (secondary N) is 1. The molecule has 0 amide bonds. The standard InChI is InChI=1S/C33H27Cl2NO5/c1-20-28(32(37)39-18-22-10-5-3-6-11-22)30(27-17-16-26(41-27)24-14-9-15-25(34)31(24)35)29(21(2)36-20)33(38)40-19-23-12-7-4-8-13-23/h3-17,30,36H,18-19H2,1-2H3. The van der Waals surface area contributed by atoms with E-state index in [-0.39, 0.29) is 24.4 Å². The lowest BCUT2D eigenvalue weighted by Crippen LogP contribution is -2.32. The number of hydrogen-bond acceptors (Lipinski definition) is 6. The second-order valence-electron chi connectivity index (χ2n) is 9.56. The van der Waals surface area contributed by atoms with Crippen molar-refractivity contribution in [3.05, 3.63) is 140 Å². The zero-order valence-corrected chi connectivity index (χ0v) is 24.0. The Morgan fingerprint density at radius 2 is 1.27 bits per heavy atom. The van der Waals surface area contributed by atoms with Crippen LogP contribution in [0.4, 0.5) is 0 Å². The summed E-state index contributed by atoms with van der Waals surface area (Å²) in [5, 5.41) is 3.89. The highest BCUT2D eigenvalue weighted by atomic mass is 35.5. The zero-order chi connectivity index (χ0) is 28.9. The fourth-order valence-electron chi connectivity index (χ4n) is 4.77. The molecule has 0 atom stereocenters. The first-order valence-corrected chi connectivity index (χ1v) is 13.7. The van der Waals surface area contributed by atoms with Crippen molar-refractivity contribution in [2.45, 2.75) is 33.0 Å². The van der Waals surface area contributed by atoms with Crippen LogP contribution in [0.3, 0.4) is 0 Å². The highest BCUT2D eigenvalue weighted by Gasteiger charge is 2.40. The molecule has 1 N–H and O–H groups in total. The first-order valence-electron chi connectivity index (χ1n) is 13.0. The van der Waals surface area contributed by atoms with Crippen LogP contribution in [-0.2, 0) is 32.3 Å². The van der Waals surface area contributed by atoms with E-state index in [0.29, 0.717) is 38.5 Å². The third kappa shape index (κ3) is 6.24. The molecule has 0 saturated carbocycles. The van der Waals surface area contributed by atoms with Crippen molar-refractivity contribution in [1.82, 2.24) is 5.32 Å². The van der Waals surface area contributed by atoms with Crippen LogP contribution in [0.5, 0.6) is 0 Å². The maximum atomic E-state index is 13.6. The van der Waals surface area contributed by atoms with E-state index in [9.17, 15) is 9.59 Å². The molecule has 1 aromatic heterocycles. The summed E-state index contributed by atoms with van der Waals surface area (Å²) in [6, 6.07) is 27.4. The van der Waals surface area contributed by atoms with E-state index in [1.54, 1.807) is 44.2 Å². The minimum absolute atomic E-state index is 0.0706. The number of dihydropyridines is 1. The molecule has 5 rings (SSSR count). The second kappa shape index (κ2) is 12.5. The van der Waals surface area contributed by atoms with Crippen molar-refractivity contribution < 1.29 is 23.5 Å². The van der Waals surface area contributed by atoms with Crippen LogP contribution in [0.1, 0.15) is 36.7 Å². The number of rotatable bonds is 8. The summed E-state index contributed by atoms with van der Waals surface area (Å²) in [5.41, 5.74) is 3.84. The van der Waals surface area contributed by atoms with Crippen LogP contribution < -0.4 is 5.32 Å². The van der Waals surface area contributed by atoms with Crippen molar-refractivity contribution in [1.29, 1.82) is 0 Å².